The lowest BCUT2D eigenvalue weighted by Gasteiger charge is -2.32. The molecule has 2 aromatic rings. The Balaban J connectivity index is 1.71. The number of piperazine rings is 1. The number of benzene rings is 1. The van der Waals surface area contributed by atoms with E-state index < -0.39 is 0 Å². The zero-order valence-electron chi connectivity index (χ0n) is 17.8. The van der Waals surface area contributed by atoms with E-state index in [1.54, 1.807) is 0 Å². The molecule has 7 nitrogen and oxygen atoms in total. The number of aliphatic hydroxyl groups is 1. The first-order valence-corrected chi connectivity index (χ1v) is 10.5. The van der Waals surface area contributed by atoms with Crippen molar-refractivity contribution in [1.82, 2.24) is 19.8 Å². The smallest absolute Gasteiger partial charge is 0.225 e. The zero-order valence-corrected chi connectivity index (χ0v) is 17.8. The molecule has 0 amide bonds. The standard InChI is InChI=1S/C22H34N6O/c1-17(2)20(16-29)25-22-24-19(18-7-5-4-6-8-18)15-21(26-22)23-9-10-28-13-11-27(3)12-14-28/h4-8,15,17,20,29H,9-14,16H2,1-3H3,(H2,23,24,25,26)/t20-/m1/s1. The summed E-state index contributed by atoms with van der Waals surface area (Å²) in [5.74, 6) is 1.62. The average molecular weight is 399 g/mol. The number of likely N-dealkylation sites (N-methyl/N-ethyl adjacent to an activating group) is 1. The van der Waals surface area contributed by atoms with Gasteiger partial charge in [0.15, 0.2) is 0 Å². The Bertz CT molecular complexity index is 746. The molecule has 2 heterocycles. The van der Waals surface area contributed by atoms with Crippen molar-refractivity contribution in [2.24, 2.45) is 5.92 Å². The molecule has 29 heavy (non-hydrogen) atoms. The minimum Gasteiger partial charge on any atom is -0.394 e. The van der Waals surface area contributed by atoms with E-state index in [9.17, 15) is 5.11 Å². The highest BCUT2D eigenvalue weighted by molar-refractivity contribution is 5.64. The summed E-state index contributed by atoms with van der Waals surface area (Å²) in [6.45, 7) is 10.5. The molecule has 0 aliphatic carbocycles. The molecule has 3 N–H and O–H groups in total. The Morgan fingerprint density at radius 3 is 2.45 bits per heavy atom. The zero-order chi connectivity index (χ0) is 20.6. The molecule has 1 saturated heterocycles. The van der Waals surface area contributed by atoms with Crippen LogP contribution in [0.4, 0.5) is 11.8 Å². The largest absolute Gasteiger partial charge is 0.394 e. The monoisotopic (exact) mass is 398 g/mol. The van der Waals surface area contributed by atoms with Crippen LogP contribution in [-0.4, -0.2) is 83.8 Å². The van der Waals surface area contributed by atoms with E-state index in [4.69, 9.17) is 4.98 Å². The summed E-state index contributed by atoms with van der Waals surface area (Å²) in [6.07, 6.45) is 0. The lowest BCUT2D eigenvalue weighted by molar-refractivity contribution is 0.158. The maximum atomic E-state index is 9.68. The Hall–Kier alpha value is -2.22. The fourth-order valence-corrected chi connectivity index (χ4v) is 3.36. The Morgan fingerprint density at radius 1 is 1.07 bits per heavy atom. The van der Waals surface area contributed by atoms with Crippen molar-refractivity contribution in [2.75, 3.05) is 63.6 Å². The SMILES string of the molecule is CC(C)[C@@H](CO)Nc1nc(NCCN2CCN(C)CC2)cc(-c2ccccc2)n1. The van der Waals surface area contributed by atoms with Gasteiger partial charge in [-0.15, -0.1) is 0 Å². The molecular weight excluding hydrogens is 364 g/mol. The number of nitrogens with one attached hydrogen (secondary N) is 2. The first-order valence-electron chi connectivity index (χ1n) is 10.5. The van der Waals surface area contributed by atoms with Gasteiger partial charge in [0.2, 0.25) is 5.95 Å². The van der Waals surface area contributed by atoms with Crippen LogP contribution in [0.25, 0.3) is 11.3 Å². The van der Waals surface area contributed by atoms with Gasteiger partial charge in [-0.3, -0.25) is 4.90 Å². The molecule has 1 aromatic heterocycles. The van der Waals surface area contributed by atoms with Crippen molar-refractivity contribution in [3.8, 4) is 11.3 Å². The summed E-state index contributed by atoms with van der Waals surface area (Å²) in [5.41, 5.74) is 1.91. The molecule has 1 aliphatic rings. The van der Waals surface area contributed by atoms with Gasteiger partial charge in [-0.2, -0.15) is 4.98 Å². The van der Waals surface area contributed by atoms with Crippen LogP contribution in [0.1, 0.15) is 13.8 Å². The molecule has 158 valence electrons. The van der Waals surface area contributed by atoms with Gasteiger partial charge < -0.3 is 20.6 Å². The van der Waals surface area contributed by atoms with E-state index >= 15 is 0 Å². The number of nitrogens with zero attached hydrogens (tertiary/aromatic N) is 4. The van der Waals surface area contributed by atoms with Crippen molar-refractivity contribution in [1.29, 1.82) is 0 Å². The van der Waals surface area contributed by atoms with Gasteiger partial charge in [-0.1, -0.05) is 44.2 Å². The lowest BCUT2D eigenvalue weighted by Crippen LogP contribution is -2.45. The third-order valence-corrected chi connectivity index (χ3v) is 5.44. The third kappa shape index (κ3) is 6.39. The van der Waals surface area contributed by atoms with Crippen LogP contribution in [0.3, 0.4) is 0 Å². The topological polar surface area (TPSA) is 76.6 Å². The first kappa shape index (κ1) is 21.5. The van der Waals surface area contributed by atoms with Crippen LogP contribution in [0.2, 0.25) is 0 Å². The molecule has 0 bridgehead atoms. The highest BCUT2D eigenvalue weighted by atomic mass is 16.3. The molecule has 3 rings (SSSR count). The van der Waals surface area contributed by atoms with Gasteiger partial charge in [0.1, 0.15) is 5.82 Å². The molecule has 1 atom stereocenters. The van der Waals surface area contributed by atoms with E-state index in [1.807, 2.05) is 36.4 Å². The van der Waals surface area contributed by atoms with E-state index in [0.717, 1.165) is 56.3 Å². The van der Waals surface area contributed by atoms with Crippen LogP contribution in [-0.2, 0) is 0 Å². The van der Waals surface area contributed by atoms with Crippen LogP contribution in [0.15, 0.2) is 36.4 Å². The van der Waals surface area contributed by atoms with Gasteiger partial charge in [-0.05, 0) is 13.0 Å². The summed E-state index contributed by atoms with van der Waals surface area (Å²) in [7, 11) is 2.17. The quantitative estimate of drug-likeness (QED) is 0.598. The van der Waals surface area contributed by atoms with Crippen molar-refractivity contribution in [3.63, 3.8) is 0 Å². The summed E-state index contributed by atoms with van der Waals surface area (Å²) >= 11 is 0. The van der Waals surface area contributed by atoms with E-state index in [-0.39, 0.29) is 18.6 Å². The number of hydrogen-bond donors (Lipinski definition) is 3. The maximum Gasteiger partial charge on any atom is 0.225 e. The second-order valence-electron chi connectivity index (χ2n) is 8.08. The maximum absolute atomic E-state index is 9.68. The van der Waals surface area contributed by atoms with Crippen LogP contribution >= 0.6 is 0 Å². The number of aliphatic hydroxyl groups excluding tert-OH is 1. The molecule has 1 aromatic carbocycles. The molecule has 0 radical (unpaired) electrons. The van der Waals surface area contributed by atoms with Gasteiger partial charge in [0, 0.05) is 50.9 Å². The van der Waals surface area contributed by atoms with Crippen LogP contribution in [0, 0.1) is 5.92 Å². The molecule has 0 spiro atoms. The van der Waals surface area contributed by atoms with E-state index in [2.05, 4.69) is 46.3 Å². The van der Waals surface area contributed by atoms with Gasteiger partial charge in [-0.25, -0.2) is 4.98 Å². The second kappa shape index (κ2) is 10.5. The summed E-state index contributed by atoms with van der Waals surface area (Å²) < 4.78 is 0. The molecular formula is C22H34N6O. The second-order valence-corrected chi connectivity index (χ2v) is 8.08. The molecule has 1 aliphatic heterocycles. The predicted molar refractivity (Wildman–Crippen MR) is 119 cm³/mol. The molecule has 1 fully saturated rings. The van der Waals surface area contributed by atoms with Crippen molar-refractivity contribution >= 4 is 11.8 Å². The Labute approximate surface area is 174 Å². The van der Waals surface area contributed by atoms with Gasteiger partial charge in [0.05, 0.1) is 18.3 Å². The summed E-state index contributed by atoms with van der Waals surface area (Å²) in [4.78, 5) is 14.2. The number of hydrogen-bond acceptors (Lipinski definition) is 7. The number of aromatic nitrogens is 2. The highest BCUT2D eigenvalue weighted by Gasteiger charge is 2.16. The Morgan fingerprint density at radius 2 is 1.79 bits per heavy atom. The van der Waals surface area contributed by atoms with Gasteiger partial charge in [0.25, 0.3) is 0 Å². The number of anilines is 2. The third-order valence-electron chi connectivity index (χ3n) is 5.44. The van der Waals surface area contributed by atoms with Crippen molar-refractivity contribution in [3.05, 3.63) is 36.4 Å². The summed E-state index contributed by atoms with van der Waals surface area (Å²) in [6, 6.07) is 12.0. The predicted octanol–water partition coefficient (Wildman–Crippen LogP) is 2.23. The van der Waals surface area contributed by atoms with Crippen molar-refractivity contribution in [2.45, 2.75) is 19.9 Å². The van der Waals surface area contributed by atoms with Crippen LogP contribution < -0.4 is 10.6 Å². The Kier molecular flexibility index (Phi) is 7.80. The van der Waals surface area contributed by atoms with E-state index in [0.29, 0.717) is 5.95 Å². The minimum atomic E-state index is -0.0841. The van der Waals surface area contributed by atoms with E-state index in [1.165, 1.54) is 0 Å². The summed E-state index contributed by atoms with van der Waals surface area (Å²) in [5, 5.41) is 16.4. The normalized spacial score (nSPS) is 16.7. The fraction of sp³-hybridized carbons (Fsp3) is 0.545. The van der Waals surface area contributed by atoms with Crippen molar-refractivity contribution < 1.29 is 5.11 Å². The van der Waals surface area contributed by atoms with Crippen LogP contribution in [0.5, 0.6) is 0 Å². The first-order chi connectivity index (χ1) is 14.0. The average Bonchev–Trinajstić information content (AvgIpc) is 2.74. The molecule has 7 heteroatoms. The fourth-order valence-electron chi connectivity index (χ4n) is 3.36. The van der Waals surface area contributed by atoms with Gasteiger partial charge >= 0.3 is 0 Å². The number of rotatable bonds is 9. The molecule has 0 saturated carbocycles. The molecule has 0 unspecified atom stereocenters. The lowest BCUT2D eigenvalue weighted by atomic mass is 10.1. The minimum absolute atomic E-state index is 0.0444. The highest BCUT2D eigenvalue weighted by Crippen LogP contribution is 2.22.